The molecule has 2 aromatic carbocycles. The van der Waals surface area contributed by atoms with E-state index in [9.17, 15) is 33.6 Å². The summed E-state index contributed by atoms with van der Waals surface area (Å²) in [5, 5.41) is 5.96. The van der Waals surface area contributed by atoms with Crippen LogP contribution < -0.4 is 10.6 Å². The van der Waals surface area contributed by atoms with E-state index in [1.54, 1.807) is 6.92 Å². The van der Waals surface area contributed by atoms with Gasteiger partial charge in [0.1, 0.15) is 42.8 Å². The minimum atomic E-state index is -1.35. The Morgan fingerprint density at radius 3 is 2.05 bits per heavy atom. The summed E-state index contributed by atoms with van der Waals surface area (Å²) in [6, 6.07) is 18.3. The second-order valence-electron chi connectivity index (χ2n) is 22.7. The van der Waals surface area contributed by atoms with Gasteiger partial charge in [0.2, 0.25) is 11.8 Å². The van der Waals surface area contributed by atoms with Crippen LogP contribution in [-0.2, 0) is 98.9 Å². The predicted molar refractivity (Wildman–Crippen MR) is 291 cm³/mol. The minimum absolute atomic E-state index is 0.0813. The van der Waals surface area contributed by atoms with Crippen molar-refractivity contribution in [3.05, 3.63) is 71.8 Å². The second-order valence-corrected chi connectivity index (χ2v) is 22.7. The molecule has 0 aromatic heterocycles. The number of nitrogens with one attached hydrogen (secondary N) is 2. The zero-order valence-electron chi connectivity index (χ0n) is 48.3. The number of amides is 2. The zero-order valence-corrected chi connectivity index (χ0v) is 48.3. The third-order valence-corrected chi connectivity index (χ3v) is 16.3. The first-order valence-corrected chi connectivity index (χ1v) is 29.2. The van der Waals surface area contributed by atoms with Crippen LogP contribution in [0.1, 0.15) is 137 Å². The molecule has 0 spiro atoms. The third-order valence-electron chi connectivity index (χ3n) is 16.3. The van der Waals surface area contributed by atoms with Crippen LogP contribution in [0.3, 0.4) is 0 Å². The van der Waals surface area contributed by atoms with Gasteiger partial charge in [-0.3, -0.25) is 28.8 Å². The monoisotopic (exact) mass is 1130 g/mol. The molecule has 0 radical (unpaired) electrons. The number of carbonyl (C=O) groups is 7. The lowest BCUT2D eigenvalue weighted by atomic mass is 9.74. The van der Waals surface area contributed by atoms with Gasteiger partial charge in [-0.25, -0.2) is 4.79 Å². The zero-order chi connectivity index (χ0) is 58.2. The smallest absolute Gasteiger partial charge is 0.335 e. The Bertz CT molecular complexity index is 2370. The number of Topliss-reactive ketones (excluding diaryl/α,β-unsaturated/α-hetero) is 1. The van der Waals surface area contributed by atoms with Crippen LogP contribution in [0.25, 0.3) is 0 Å². The van der Waals surface area contributed by atoms with Gasteiger partial charge in [0, 0.05) is 58.4 Å². The fraction of sp³-hybridized carbons (Fsp3) is 0.689. The van der Waals surface area contributed by atoms with Crippen molar-refractivity contribution < 1.29 is 85.7 Å². The lowest BCUT2D eigenvalue weighted by Crippen LogP contribution is -2.70. The summed E-state index contributed by atoms with van der Waals surface area (Å²) >= 11 is 0. The Morgan fingerprint density at radius 2 is 1.41 bits per heavy atom. The van der Waals surface area contributed by atoms with Crippen LogP contribution in [0.5, 0.6) is 0 Å². The molecule has 20 nitrogen and oxygen atoms in total. The lowest BCUT2D eigenvalue weighted by Gasteiger charge is -2.51. The fourth-order valence-electron chi connectivity index (χ4n) is 12.0. The van der Waals surface area contributed by atoms with Crippen LogP contribution in [0.15, 0.2) is 60.7 Å². The van der Waals surface area contributed by atoms with Gasteiger partial charge in [0.05, 0.1) is 38.1 Å². The normalized spacial score (nSPS) is 31.3. The molecule has 81 heavy (non-hydrogen) atoms. The molecular formula is C61H86N2O18. The van der Waals surface area contributed by atoms with Crippen molar-refractivity contribution in [1.82, 2.24) is 10.6 Å². The maximum Gasteiger partial charge on any atom is 0.335 e. The van der Waals surface area contributed by atoms with Crippen molar-refractivity contribution >= 4 is 41.5 Å². The summed E-state index contributed by atoms with van der Waals surface area (Å²) < 4.78 is 69.3. The average Bonchev–Trinajstić information content (AvgIpc) is 3.55. The van der Waals surface area contributed by atoms with E-state index in [1.165, 1.54) is 27.7 Å². The highest BCUT2D eigenvalue weighted by atomic mass is 16.7. The van der Waals surface area contributed by atoms with Crippen molar-refractivity contribution in [3.63, 3.8) is 0 Å². The maximum absolute atomic E-state index is 14.6. The molecule has 5 aliphatic rings. The summed E-state index contributed by atoms with van der Waals surface area (Å²) in [5.41, 5.74) is 1.92. The van der Waals surface area contributed by atoms with Crippen LogP contribution in [0, 0.1) is 29.6 Å². The second kappa shape index (κ2) is 30.8. The molecule has 2 saturated carbocycles. The first-order valence-electron chi connectivity index (χ1n) is 29.2. The summed E-state index contributed by atoms with van der Waals surface area (Å²) in [6.45, 7) is 13.3. The van der Waals surface area contributed by atoms with Gasteiger partial charge in [-0.2, -0.15) is 0 Å². The molecule has 2 aliphatic carbocycles. The number of hydrogen-bond donors (Lipinski definition) is 2. The molecule has 6 unspecified atom stereocenters. The quantitative estimate of drug-likeness (QED) is 0.0560. The summed E-state index contributed by atoms with van der Waals surface area (Å²) in [6.07, 6.45) is -5.40. The number of ketones is 1. The number of hydrogen-bond acceptors (Lipinski definition) is 18. The molecule has 2 aromatic rings. The van der Waals surface area contributed by atoms with Crippen LogP contribution in [-0.4, -0.2) is 141 Å². The van der Waals surface area contributed by atoms with Crippen molar-refractivity contribution in [1.29, 1.82) is 0 Å². The molecule has 2 N–H and O–H groups in total. The van der Waals surface area contributed by atoms with Crippen LogP contribution in [0.4, 0.5) is 0 Å². The first-order chi connectivity index (χ1) is 38.9. The number of fused-ring (bicyclic) bond motifs is 1. The number of benzene rings is 2. The van der Waals surface area contributed by atoms with E-state index in [4.69, 9.17) is 52.1 Å². The van der Waals surface area contributed by atoms with Gasteiger partial charge in [-0.1, -0.05) is 120 Å². The molecule has 3 aliphatic heterocycles. The van der Waals surface area contributed by atoms with E-state index in [-0.39, 0.29) is 62.7 Å². The van der Waals surface area contributed by atoms with Crippen molar-refractivity contribution in [2.45, 2.75) is 219 Å². The van der Waals surface area contributed by atoms with Gasteiger partial charge < -0.3 is 62.7 Å². The molecule has 2 amide bonds. The standard InChI is InChI=1S/C61H86N2O18/c1-9-45-29-46(47(68)26-19-27-62-58(69)52(73-33-44-24-17-12-18-25-44)35(2)31-71-32-43-22-15-11-16-23-43)30-48(54(45)81-61-57(76-41(8)67)53(75-40(7)66)36(3)37(4)74-61)78-60-51(63-38(5)64)56-55(50(79-60)34-72-39(6)65)80-59(70)49(77-56)28-42-20-13-10-14-21-42/h11-12,15-18,22-25,35-37,42,45-46,48-57,60-61H,9-10,13-14,19-21,26-34H2,1-8H3,(H,62,69)(H,63,64)/t35-,36-,37?,45?,46?,48-,49-,50+,51?,52+,53+,54-,55+,56?,57?,60-,61+/m1/s1. The Labute approximate surface area is 476 Å². The molecule has 448 valence electrons. The van der Waals surface area contributed by atoms with E-state index >= 15 is 0 Å². The Kier molecular flexibility index (Phi) is 24.0. The van der Waals surface area contributed by atoms with Gasteiger partial charge in [0.15, 0.2) is 30.9 Å². The highest BCUT2D eigenvalue weighted by molar-refractivity contribution is 5.82. The van der Waals surface area contributed by atoms with Gasteiger partial charge in [0.25, 0.3) is 0 Å². The van der Waals surface area contributed by atoms with E-state index in [0.29, 0.717) is 32.3 Å². The maximum atomic E-state index is 14.6. The Morgan fingerprint density at radius 1 is 0.741 bits per heavy atom. The summed E-state index contributed by atoms with van der Waals surface area (Å²) in [7, 11) is 0. The van der Waals surface area contributed by atoms with Crippen molar-refractivity contribution in [2.24, 2.45) is 29.6 Å². The number of ether oxygens (including phenoxy) is 11. The minimum Gasteiger partial charge on any atom is -0.463 e. The molecule has 3 saturated heterocycles. The molecule has 5 fully saturated rings. The third kappa shape index (κ3) is 18.1. The number of carbonyl (C=O) groups excluding carboxylic acids is 7. The molecule has 3 heterocycles. The van der Waals surface area contributed by atoms with Crippen LogP contribution in [0.2, 0.25) is 0 Å². The SMILES string of the molecule is CCC1CC(C(=O)CCCNC(=O)[C@@H](OCc2ccccc2)[C@H](C)COCc2ccccc2)C[C@@H](O[C@@H]2O[C@@H](COC(C)=O)[C@@H]3OC(=O)[C@@H](CC4CCCCC4)OC3C2NC(C)=O)[C@@H]1O[C@@H]1OC(C)[C@@H](C)[C@H](OC(C)=O)C1OC(C)=O. The average molecular weight is 1140 g/mol. The van der Waals surface area contributed by atoms with Crippen molar-refractivity contribution in [3.8, 4) is 0 Å². The molecule has 7 rings (SSSR count). The predicted octanol–water partition coefficient (Wildman–Crippen LogP) is 6.78. The Hall–Kier alpha value is -5.35. The van der Waals surface area contributed by atoms with Gasteiger partial charge in [-0.05, 0) is 55.6 Å². The fourth-order valence-corrected chi connectivity index (χ4v) is 12.0. The van der Waals surface area contributed by atoms with Crippen LogP contribution >= 0.6 is 0 Å². The number of rotatable bonds is 26. The molecule has 20 heteroatoms. The Balaban J connectivity index is 1.12. The van der Waals surface area contributed by atoms with E-state index in [1.807, 2.05) is 81.4 Å². The lowest BCUT2D eigenvalue weighted by molar-refractivity contribution is -0.340. The van der Waals surface area contributed by atoms with E-state index in [2.05, 4.69) is 10.6 Å². The topological polar surface area (TPSA) is 245 Å². The van der Waals surface area contributed by atoms with Gasteiger partial charge >= 0.3 is 23.9 Å². The highest BCUT2D eigenvalue weighted by Crippen LogP contribution is 2.43. The largest absolute Gasteiger partial charge is 0.463 e. The highest BCUT2D eigenvalue weighted by Gasteiger charge is 2.57. The summed E-state index contributed by atoms with van der Waals surface area (Å²) in [4.78, 5) is 93.0. The summed E-state index contributed by atoms with van der Waals surface area (Å²) in [5.74, 6) is -4.78. The molecule has 0 bridgehead atoms. The first kappa shape index (κ1) is 63.2. The van der Waals surface area contributed by atoms with E-state index < -0.39 is 127 Å². The molecular weight excluding hydrogens is 1050 g/mol. The van der Waals surface area contributed by atoms with Gasteiger partial charge in [-0.15, -0.1) is 0 Å². The van der Waals surface area contributed by atoms with E-state index in [0.717, 1.165) is 43.2 Å². The van der Waals surface area contributed by atoms with Crippen molar-refractivity contribution in [2.75, 3.05) is 19.8 Å². The molecule has 17 atom stereocenters. The number of esters is 4.